The molecule has 0 amide bonds. The van der Waals surface area contributed by atoms with Crippen LogP contribution in [0, 0.1) is 11.8 Å². The van der Waals surface area contributed by atoms with E-state index >= 15 is 0 Å². The summed E-state index contributed by atoms with van der Waals surface area (Å²) in [7, 11) is 0. The molecular weight excluding hydrogens is 260 g/mol. The van der Waals surface area contributed by atoms with Gasteiger partial charge in [0.15, 0.2) is 0 Å². The second-order valence-corrected chi connectivity index (χ2v) is 5.17. The van der Waals surface area contributed by atoms with Crippen molar-refractivity contribution < 1.29 is 23.9 Å². The predicted molar refractivity (Wildman–Crippen MR) is 67.8 cm³/mol. The Hall–Kier alpha value is -2.17. The van der Waals surface area contributed by atoms with Crippen LogP contribution in [-0.2, 0) is 19.1 Å². The lowest BCUT2D eigenvalue weighted by molar-refractivity contribution is -0.145. The van der Waals surface area contributed by atoms with E-state index in [9.17, 15) is 14.4 Å². The Labute approximate surface area is 115 Å². The zero-order valence-electron chi connectivity index (χ0n) is 10.7. The van der Waals surface area contributed by atoms with Crippen LogP contribution >= 0.6 is 0 Å². The second-order valence-electron chi connectivity index (χ2n) is 5.17. The van der Waals surface area contributed by atoms with Crippen LogP contribution in [0.5, 0.6) is 0 Å². The van der Waals surface area contributed by atoms with E-state index in [0.717, 1.165) is 6.29 Å². The van der Waals surface area contributed by atoms with Gasteiger partial charge >= 0.3 is 11.9 Å². The summed E-state index contributed by atoms with van der Waals surface area (Å²) in [6, 6.07) is 8.62. The molecule has 2 aliphatic rings. The first-order valence-electron chi connectivity index (χ1n) is 6.60. The number of fused-ring (bicyclic) bond motifs is 1. The molecule has 0 unspecified atom stereocenters. The minimum Gasteiger partial charge on any atom is -0.458 e. The molecule has 0 bridgehead atoms. The molecule has 1 heterocycles. The molecule has 0 spiro atoms. The van der Waals surface area contributed by atoms with Gasteiger partial charge in [-0.05, 0) is 18.6 Å². The van der Waals surface area contributed by atoms with Crippen molar-refractivity contribution >= 4 is 18.2 Å². The number of aldehydes is 1. The Balaban J connectivity index is 1.73. The SMILES string of the molecule is O=C[C@H]1C[C@H](OC(=O)c2ccccc2)[C@@H]2OC(=O)C[C@@H]21. The number of esters is 2. The summed E-state index contributed by atoms with van der Waals surface area (Å²) in [6.07, 6.45) is 0.466. The molecule has 5 nitrogen and oxygen atoms in total. The van der Waals surface area contributed by atoms with E-state index in [4.69, 9.17) is 9.47 Å². The lowest BCUT2D eigenvalue weighted by Gasteiger charge is -2.18. The van der Waals surface area contributed by atoms with Gasteiger partial charge in [-0.2, -0.15) is 0 Å². The van der Waals surface area contributed by atoms with E-state index in [1.54, 1.807) is 24.3 Å². The maximum absolute atomic E-state index is 12.0. The third kappa shape index (κ3) is 2.19. The maximum atomic E-state index is 12.0. The molecule has 1 saturated heterocycles. The topological polar surface area (TPSA) is 69.7 Å². The van der Waals surface area contributed by atoms with E-state index in [0.29, 0.717) is 12.0 Å². The Morgan fingerprint density at radius 1 is 1.30 bits per heavy atom. The van der Waals surface area contributed by atoms with Gasteiger partial charge in [0.2, 0.25) is 0 Å². The van der Waals surface area contributed by atoms with Crippen molar-refractivity contribution in [3.05, 3.63) is 35.9 Å². The molecule has 5 heteroatoms. The van der Waals surface area contributed by atoms with Gasteiger partial charge in [-0.3, -0.25) is 4.79 Å². The molecular formula is C15H14O5. The first-order chi connectivity index (χ1) is 9.69. The molecule has 104 valence electrons. The molecule has 1 aromatic rings. The number of rotatable bonds is 3. The first kappa shape index (κ1) is 12.8. The van der Waals surface area contributed by atoms with E-state index < -0.39 is 18.2 Å². The quantitative estimate of drug-likeness (QED) is 0.615. The molecule has 4 atom stereocenters. The van der Waals surface area contributed by atoms with E-state index in [2.05, 4.69) is 0 Å². The van der Waals surface area contributed by atoms with Crippen molar-refractivity contribution in [3.63, 3.8) is 0 Å². The fourth-order valence-corrected chi connectivity index (χ4v) is 2.97. The van der Waals surface area contributed by atoms with Crippen LogP contribution in [0.2, 0.25) is 0 Å². The van der Waals surface area contributed by atoms with Crippen LogP contribution in [0.3, 0.4) is 0 Å². The van der Waals surface area contributed by atoms with Crippen molar-refractivity contribution in [2.24, 2.45) is 11.8 Å². The molecule has 1 aliphatic carbocycles. The van der Waals surface area contributed by atoms with Crippen LogP contribution in [0.15, 0.2) is 30.3 Å². The average molecular weight is 274 g/mol. The van der Waals surface area contributed by atoms with Gasteiger partial charge in [-0.1, -0.05) is 18.2 Å². The number of hydrogen-bond acceptors (Lipinski definition) is 5. The van der Waals surface area contributed by atoms with Gasteiger partial charge in [0.25, 0.3) is 0 Å². The lowest BCUT2D eigenvalue weighted by atomic mass is 9.95. The third-order valence-corrected chi connectivity index (χ3v) is 3.96. The number of carbonyl (C=O) groups excluding carboxylic acids is 3. The Morgan fingerprint density at radius 3 is 2.75 bits per heavy atom. The van der Waals surface area contributed by atoms with Crippen molar-refractivity contribution in [1.29, 1.82) is 0 Å². The Kier molecular flexibility index (Phi) is 3.26. The Morgan fingerprint density at radius 2 is 2.05 bits per heavy atom. The summed E-state index contributed by atoms with van der Waals surface area (Å²) in [5.74, 6) is -1.22. The van der Waals surface area contributed by atoms with Crippen molar-refractivity contribution in [1.82, 2.24) is 0 Å². The fourth-order valence-electron chi connectivity index (χ4n) is 2.97. The van der Waals surface area contributed by atoms with Crippen LogP contribution in [-0.4, -0.2) is 30.4 Å². The average Bonchev–Trinajstić information content (AvgIpc) is 2.98. The molecule has 3 rings (SSSR count). The number of benzene rings is 1. The van der Waals surface area contributed by atoms with Crippen molar-refractivity contribution in [2.75, 3.05) is 0 Å². The maximum Gasteiger partial charge on any atom is 0.338 e. The molecule has 0 radical (unpaired) electrons. The van der Waals surface area contributed by atoms with Gasteiger partial charge in [-0.25, -0.2) is 4.79 Å². The summed E-state index contributed by atoms with van der Waals surface area (Å²) < 4.78 is 10.6. The molecule has 2 fully saturated rings. The highest BCUT2D eigenvalue weighted by molar-refractivity contribution is 5.89. The Bertz CT molecular complexity index is 538. The molecule has 20 heavy (non-hydrogen) atoms. The molecule has 1 saturated carbocycles. The van der Waals surface area contributed by atoms with Crippen LogP contribution in [0.1, 0.15) is 23.2 Å². The zero-order chi connectivity index (χ0) is 14.1. The molecule has 0 aromatic heterocycles. The molecule has 1 aromatic carbocycles. The minimum absolute atomic E-state index is 0.159. The standard InChI is InChI=1S/C15H14O5/c16-8-10-6-12(14-11(10)7-13(17)20-14)19-15(18)9-4-2-1-3-5-9/h1-5,8,10-12,14H,6-7H2/t10-,11-,12+,14-/m1/s1. The zero-order valence-corrected chi connectivity index (χ0v) is 10.7. The van der Waals surface area contributed by atoms with Crippen LogP contribution in [0.25, 0.3) is 0 Å². The first-order valence-corrected chi connectivity index (χ1v) is 6.60. The predicted octanol–water partition coefficient (Wildman–Crippen LogP) is 1.36. The van der Waals surface area contributed by atoms with Crippen LogP contribution in [0.4, 0.5) is 0 Å². The van der Waals surface area contributed by atoms with Gasteiger partial charge in [0.1, 0.15) is 18.5 Å². The summed E-state index contributed by atoms with van der Waals surface area (Å²) in [4.78, 5) is 34.4. The second kappa shape index (κ2) is 5.07. The van der Waals surface area contributed by atoms with E-state index in [1.807, 2.05) is 6.07 Å². The summed E-state index contributed by atoms with van der Waals surface area (Å²) in [6.45, 7) is 0. The third-order valence-electron chi connectivity index (χ3n) is 3.96. The van der Waals surface area contributed by atoms with E-state index in [-0.39, 0.29) is 24.2 Å². The van der Waals surface area contributed by atoms with Crippen molar-refractivity contribution in [2.45, 2.75) is 25.0 Å². The highest BCUT2D eigenvalue weighted by atomic mass is 16.6. The van der Waals surface area contributed by atoms with Gasteiger partial charge < -0.3 is 14.3 Å². The van der Waals surface area contributed by atoms with Gasteiger partial charge in [0, 0.05) is 11.8 Å². The smallest absolute Gasteiger partial charge is 0.338 e. The summed E-state index contributed by atoms with van der Waals surface area (Å²) >= 11 is 0. The van der Waals surface area contributed by atoms with Gasteiger partial charge in [0.05, 0.1) is 12.0 Å². The normalized spacial score (nSPS) is 31.5. The number of ether oxygens (including phenoxy) is 2. The van der Waals surface area contributed by atoms with Crippen molar-refractivity contribution in [3.8, 4) is 0 Å². The van der Waals surface area contributed by atoms with Crippen LogP contribution < -0.4 is 0 Å². The summed E-state index contributed by atoms with van der Waals surface area (Å²) in [5.41, 5.74) is 0.447. The van der Waals surface area contributed by atoms with Gasteiger partial charge in [-0.15, -0.1) is 0 Å². The highest BCUT2D eigenvalue weighted by Crippen LogP contribution is 2.41. The minimum atomic E-state index is -0.533. The number of hydrogen-bond donors (Lipinski definition) is 0. The lowest BCUT2D eigenvalue weighted by Crippen LogP contribution is -2.29. The summed E-state index contributed by atoms with van der Waals surface area (Å²) in [5, 5.41) is 0. The molecule has 0 N–H and O–H groups in total. The van der Waals surface area contributed by atoms with E-state index in [1.165, 1.54) is 0 Å². The molecule has 1 aliphatic heterocycles. The largest absolute Gasteiger partial charge is 0.458 e. The number of carbonyl (C=O) groups is 3. The monoisotopic (exact) mass is 274 g/mol. The highest BCUT2D eigenvalue weighted by Gasteiger charge is 2.52. The fraction of sp³-hybridized carbons (Fsp3) is 0.400.